The van der Waals surface area contributed by atoms with Crippen molar-refractivity contribution in [2.45, 2.75) is 31.8 Å². The molecule has 6 nitrogen and oxygen atoms in total. The summed E-state index contributed by atoms with van der Waals surface area (Å²) >= 11 is 7.79. The monoisotopic (exact) mass is 397 g/mol. The van der Waals surface area contributed by atoms with E-state index in [1.807, 2.05) is 18.2 Å². The molecule has 2 heterocycles. The normalized spacial score (nSPS) is 18.3. The van der Waals surface area contributed by atoms with Gasteiger partial charge in [0.25, 0.3) is 0 Å². The smallest absolute Gasteiger partial charge is 0.468 e. The second-order valence-corrected chi connectivity index (χ2v) is 7.51. The van der Waals surface area contributed by atoms with Crippen molar-refractivity contribution in [3.05, 3.63) is 39.3 Å². The molecule has 0 unspecified atom stereocenters. The lowest BCUT2D eigenvalue weighted by Gasteiger charge is -2.34. The third-order valence-electron chi connectivity index (χ3n) is 4.44. The first kappa shape index (κ1) is 18.9. The Bertz CT molecular complexity index is 770. The fraction of sp³-hybridized carbons (Fsp3) is 0.444. The molecule has 0 bridgehead atoms. The standard InChI is InChI=1S/C18H20ClNO5S/c1-23-17(21)16(12-5-3-4-6-13(12)19)20-8-7-14-11(10-20)9-15(26-14)25-18(22)24-2/h5-6,9,16H,3-4,7-8,10H2,1-2H3/t16-/m0/s1. The molecule has 0 saturated carbocycles. The van der Waals surface area contributed by atoms with Crippen molar-refractivity contribution in [3.8, 4) is 5.06 Å². The molecule has 1 atom stereocenters. The molecule has 0 amide bonds. The van der Waals surface area contributed by atoms with Gasteiger partial charge in [0.1, 0.15) is 6.04 Å². The van der Waals surface area contributed by atoms with Crippen LogP contribution in [-0.2, 0) is 27.2 Å². The lowest BCUT2D eigenvalue weighted by Crippen LogP contribution is -2.45. The Morgan fingerprint density at radius 1 is 1.23 bits per heavy atom. The highest BCUT2D eigenvalue weighted by molar-refractivity contribution is 7.14. The number of halogens is 1. The van der Waals surface area contributed by atoms with E-state index in [0.717, 1.165) is 35.3 Å². The molecule has 1 aromatic heterocycles. The summed E-state index contributed by atoms with van der Waals surface area (Å²) in [5.41, 5.74) is 1.83. The summed E-state index contributed by atoms with van der Waals surface area (Å²) < 4.78 is 14.7. The lowest BCUT2D eigenvalue weighted by molar-refractivity contribution is -0.145. The van der Waals surface area contributed by atoms with E-state index in [0.29, 0.717) is 23.2 Å². The molecule has 0 fully saturated rings. The third kappa shape index (κ3) is 3.95. The number of nitrogens with zero attached hydrogens (tertiary/aromatic N) is 1. The minimum atomic E-state index is -0.739. The maximum absolute atomic E-state index is 12.5. The average Bonchev–Trinajstić information content (AvgIpc) is 3.04. The molecule has 1 aromatic rings. The minimum absolute atomic E-state index is 0.325. The Hall–Kier alpha value is -1.83. The number of rotatable bonds is 4. The molecule has 140 valence electrons. The SMILES string of the molecule is COC(=O)Oc1cc2c(s1)CCN([C@H](C(=O)OC)C1=CCCC=C1Cl)C2. The first-order valence-electron chi connectivity index (χ1n) is 8.28. The summed E-state index contributed by atoms with van der Waals surface area (Å²) in [5.74, 6) is -0.325. The van der Waals surface area contributed by atoms with Crippen molar-refractivity contribution in [1.82, 2.24) is 4.90 Å². The molecular weight excluding hydrogens is 378 g/mol. The van der Waals surface area contributed by atoms with E-state index < -0.39 is 12.2 Å². The quantitative estimate of drug-likeness (QED) is 0.723. The predicted octanol–water partition coefficient (Wildman–Crippen LogP) is 3.64. The van der Waals surface area contributed by atoms with Gasteiger partial charge in [0.05, 0.1) is 14.2 Å². The van der Waals surface area contributed by atoms with Gasteiger partial charge >= 0.3 is 12.1 Å². The molecule has 0 N–H and O–H groups in total. The maximum Gasteiger partial charge on any atom is 0.514 e. The van der Waals surface area contributed by atoms with E-state index >= 15 is 0 Å². The molecular formula is C18H20ClNO5S. The lowest BCUT2D eigenvalue weighted by atomic mass is 9.96. The molecule has 2 aliphatic rings. The van der Waals surface area contributed by atoms with E-state index in [1.54, 1.807) is 0 Å². The van der Waals surface area contributed by atoms with Gasteiger partial charge in [-0.15, -0.1) is 11.3 Å². The zero-order valence-corrected chi connectivity index (χ0v) is 16.2. The van der Waals surface area contributed by atoms with Crippen LogP contribution < -0.4 is 4.74 Å². The van der Waals surface area contributed by atoms with Gasteiger partial charge in [0.15, 0.2) is 5.06 Å². The summed E-state index contributed by atoms with van der Waals surface area (Å²) in [4.78, 5) is 27.0. The maximum atomic E-state index is 12.5. The first-order valence-corrected chi connectivity index (χ1v) is 9.48. The zero-order chi connectivity index (χ0) is 18.7. The number of thiophene rings is 1. The van der Waals surface area contributed by atoms with Crippen molar-refractivity contribution in [2.24, 2.45) is 0 Å². The molecule has 0 aromatic carbocycles. The molecule has 8 heteroatoms. The summed E-state index contributed by atoms with van der Waals surface area (Å²) in [7, 11) is 2.66. The number of hydrogen-bond acceptors (Lipinski definition) is 7. The Morgan fingerprint density at radius 3 is 2.69 bits per heavy atom. The Kier molecular flexibility index (Phi) is 6.01. The van der Waals surface area contributed by atoms with E-state index in [1.165, 1.54) is 25.6 Å². The molecule has 3 rings (SSSR count). The minimum Gasteiger partial charge on any atom is -0.468 e. The van der Waals surface area contributed by atoms with Gasteiger partial charge in [-0.2, -0.15) is 0 Å². The highest BCUT2D eigenvalue weighted by atomic mass is 35.5. The van der Waals surface area contributed by atoms with Crippen LogP contribution in [0.2, 0.25) is 0 Å². The number of allylic oxidation sites excluding steroid dienone is 2. The van der Waals surface area contributed by atoms with E-state index in [2.05, 4.69) is 9.64 Å². The Labute approximate surface area is 161 Å². The van der Waals surface area contributed by atoms with Gasteiger partial charge in [-0.1, -0.05) is 23.8 Å². The fourth-order valence-corrected chi connectivity index (χ4v) is 4.50. The van der Waals surface area contributed by atoms with Crippen LogP contribution in [0.25, 0.3) is 0 Å². The number of fused-ring (bicyclic) bond motifs is 1. The van der Waals surface area contributed by atoms with Crippen molar-refractivity contribution < 1.29 is 23.8 Å². The highest BCUT2D eigenvalue weighted by Crippen LogP contribution is 2.36. The summed E-state index contributed by atoms with van der Waals surface area (Å²) in [6.07, 6.45) is 5.70. The predicted molar refractivity (Wildman–Crippen MR) is 98.5 cm³/mol. The number of carbonyl (C=O) groups is 2. The topological polar surface area (TPSA) is 65.1 Å². The van der Waals surface area contributed by atoms with Gasteiger partial charge in [-0.3, -0.25) is 4.90 Å². The van der Waals surface area contributed by atoms with Gasteiger partial charge < -0.3 is 14.2 Å². The number of esters is 1. The molecule has 1 aliphatic carbocycles. The van der Waals surface area contributed by atoms with Crippen molar-refractivity contribution in [2.75, 3.05) is 20.8 Å². The molecule has 0 spiro atoms. The second kappa shape index (κ2) is 8.24. The van der Waals surface area contributed by atoms with Crippen molar-refractivity contribution in [1.29, 1.82) is 0 Å². The summed E-state index contributed by atoms with van der Waals surface area (Å²) in [6.45, 7) is 1.24. The second-order valence-electron chi connectivity index (χ2n) is 6.01. The molecule has 0 saturated heterocycles. The van der Waals surface area contributed by atoms with Crippen LogP contribution in [0.4, 0.5) is 4.79 Å². The van der Waals surface area contributed by atoms with Gasteiger partial charge in [0.2, 0.25) is 0 Å². The zero-order valence-electron chi connectivity index (χ0n) is 14.6. The van der Waals surface area contributed by atoms with Gasteiger partial charge in [-0.25, -0.2) is 9.59 Å². The summed E-state index contributed by atoms with van der Waals surface area (Å²) in [6, 6.07) is 1.28. The molecule has 26 heavy (non-hydrogen) atoms. The van der Waals surface area contributed by atoms with Crippen LogP contribution in [-0.4, -0.2) is 43.8 Å². The number of methoxy groups -OCH3 is 2. The third-order valence-corrected chi connectivity index (χ3v) is 5.93. The van der Waals surface area contributed by atoms with E-state index in [4.69, 9.17) is 21.1 Å². The van der Waals surface area contributed by atoms with Crippen LogP contribution in [0.15, 0.2) is 28.8 Å². The van der Waals surface area contributed by atoms with Crippen molar-refractivity contribution >= 4 is 35.1 Å². The van der Waals surface area contributed by atoms with Gasteiger partial charge in [-0.05, 0) is 36.5 Å². The largest absolute Gasteiger partial charge is 0.514 e. The summed E-state index contributed by atoms with van der Waals surface area (Å²) in [5, 5.41) is 1.10. The van der Waals surface area contributed by atoms with E-state index in [-0.39, 0.29) is 5.97 Å². The van der Waals surface area contributed by atoms with Crippen LogP contribution in [0.5, 0.6) is 5.06 Å². The van der Waals surface area contributed by atoms with Crippen LogP contribution in [0.3, 0.4) is 0 Å². The highest BCUT2D eigenvalue weighted by Gasteiger charge is 2.35. The van der Waals surface area contributed by atoms with Crippen LogP contribution in [0, 0.1) is 0 Å². The van der Waals surface area contributed by atoms with E-state index in [9.17, 15) is 9.59 Å². The fourth-order valence-electron chi connectivity index (χ4n) is 3.21. The number of hydrogen-bond donors (Lipinski definition) is 0. The van der Waals surface area contributed by atoms with Gasteiger partial charge in [0, 0.05) is 23.0 Å². The Balaban J connectivity index is 1.82. The van der Waals surface area contributed by atoms with Crippen molar-refractivity contribution in [3.63, 3.8) is 0 Å². The average molecular weight is 398 g/mol. The first-order chi connectivity index (χ1) is 12.5. The Morgan fingerprint density at radius 2 is 2.00 bits per heavy atom. The molecule has 1 aliphatic heterocycles. The number of carbonyl (C=O) groups excluding carboxylic acids is 2. The number of ether oxygens (including phenoxy) is 3. The van der Waals surface area contributed by atoms with Crippen LogP contribution in [0.1, 0.15) is 23.3 Å². The van der Waals surface area contributed by atoms with Crippen LogP contribution >= 0.6 is 22.9 Å². The molecule has 0 radical (unpaired) electrons.